The first kappa shape index (κ1) is 20.0. The molecule has 0 bridgehead atoms. The molecule has 0 radical (unpaired) electrons. The van der Waals surface area contributed by atoms with Gasteiger partial charge in [0.2, 0.25) is 0 Å². The maximum absolute atomic E-state index is 5.59. The summed E-state index contributed by atoms with van der Waals surface area (Å²) in [5, 5.41) is 7.68. The zero-order chi connectivity index (χ0) is 17.6. The highest BCUT2D eigenvalue weighted by Gasteiger charge is 2.20. The maximum Gasteiger partial charge on any atom is 0.171 e. The van der Waals surface area contributed by atoms with Gasteiger partial charge in [0.1, 0.15) is 0 Å². The van der Waals surface area contributed by atoms with E-state index < -0.39 is 0 Å². The zero-order valence-electron chi connectivity index (χ0n) is 15.9. The Morgan fingerprint density at radius 1 is 1.04 bits per heavy atom. The molecular weight excluding hydrogens is 300 g/mol. The number of nitrogens with one attached hydrogen (secondary N) is 2. The molecule has 0 saturated heterocycles. The summed E-state index contributed by atoms with van der Waals surface area (Å²) in [6.07, 6.45) is 3.28. The zero-order valence-corrected chi connectivity index (χ0v) is 16.7. The summed E-state index contributed by atoms with van der Waals surface area (Å²) in [5.74, 6) is 1.03. The smallest absolute Gasteiger partial charge is 0.171 e. The molecule has 2 N–H and O–H groups in total. The van der Waals surface area contributed by atoms with Crippen LogP contribution in [0.2, 0.25) is 0 Å². The van der Waals surface area contributed by atoms with E-state index in [0.29, 0.717) is 11.8 Å². The summed E-state index contributed by atoms with van der Waals surface area (Å²) in [7, 11) is 0. The van der Waals surface area contributed by atoms with Gasteiger partial charge in [-0.05, 0) is 68.3 Å². The third kappa shape index (κ3) is 5.49. The van der Waals surface area contributed by atoms with Gasteiger partial charge >= 0.3 is 0 Å². The van der Waals surface area contributed by atoms with Crippen LogP contribution in [0.5, 0.6) is 0 Å². The second-order valence-electron chi connectivity index (χ2n) is 7.25. The largest absolute Gasteiger partial charge is 0.358 e. The lowest BCUT2D eigenvalue weighted by molar-refractivity contribution is 0.447. The lowest BCUT2D eigenvalue weighted by Gasteiger charge is -2.29. The molecular formula is C20H34N2S. The molecule has 3 heteroatoms. The van der Waals surface area contributed by atoms with Crippen molar-refractivity contribution in [2.24, 2.45) is 0 Å². The van der Waals surface area contributed by atoms with E-state index >= 15 is 0 Å². The number of hydrogen-bond donors (Lipinski definition) is 2. The standard InChI is InChI=1S/C20H34N2S/c1-8-14(4)16-12-11-13-17(15(5)9-2)18(16)21-19(23)22-20(6,7)10-3/h11-15H,8-10H2,1-7H3,(H2,21,22,23). The molecule has 0 amide bonds. The van der Waals surface area contributed by atoms with Crippen LogP contribution in [0.25, 0.3) is 0 Å². The van der Waals surface area contributed by atoms with Crippen molar-refractivity contribution in [3.8, 4) is 0 Å². The van der Waals surface area contributed by atoms with Crippen LogP contribution in [0.1, 0.15) is 90.7 Å². The van der Waals surface area contributed by atoms with Crippen LogP contribution in [-0.4, -0.2) is 10.7 Å². The number of para-hydroxylation sites is 1. The monoisotopic (exact) mass is 334 g/mol. The molecule has 0 spiro atoms. The Labute approximate surface area is 148 Å². The number of benzene rings is 1. The number of rotatable bonds is 7. The van der Waals surface area contributed by atoms with Crippen molar-refractivity contribution in [3.05, 3.63) is 29.3 Å². The number of hydrogen-bond acceptors (Lipinski definition) is 1. The molecule has 1 rings (SSSR count). The Hall–Kier alpha value is -1.09. The molecule has 1 aromatic carbocycles. The third-order valence-electron chi connectivity index (χ3n) is 4.99. The van der Waals surface area contributed by atoms with Crippen LogP contribution >= 0.6 is 12.2 Å². The van der Waals surface area contributed by atoms with Gasteiger partial charge in [-0.2, -0.15) is 0 Å². The van der Waals surface area contributed by atoms with Crippen molar-refractivity contribution in [1.82, 2.24) is 5.32 Å². The summed E-state index contributed by atoms with van der Waals surface area (Å²) in [6.45, 7) is 15.6. The van der Waals surface area contributed by atoms with Crippen LogP contribution in [0, 0.1) is 0 Å². The fraction of sp³-hybridized carbons (Fsp3) is 0.650. The van der Waals surface area contributed by atoms with Gasteiger partial charge in [-0.25, -0.2) is 0 Å². The summed E-state index contributed by atoms with van der Waals surface area (Å²) in [6, 6.07) is 6.65. The average molecular weight is 335 g/mol. The maximum atomic E-state index is 5.59. The predicted octanol–water partition coefficient (Wildman–Crippen LogP) is 6.19. The molecule has 2 unspecified atom stereocenters. The van der Waals surface area contributed by atoms with Crippen molar-refractivity contribution < 1.29 is 0 Å². The molecule has 0 heterocycles. The van der Waals surface area contributed by atoms with E-state index in [2.05, 4.69) is 77.3 Å². The quantitative estimate of drug-likeness (QED) is 0.581. The van der Waals surface area contributed by atoms with Gasteiger partial charge in [-0.15, -0.1) is 0 Å². The van der Waals surface area contributed by atoms with Crippen molar-refractivity contribution in [2.45, 2.75) is 85.1 Å². The van der Waals surface area contributed by atoms with E-state index in [1.54, 1.807) is 0 Å². The summed E-state index contributed by atoms with van der Waals surface area (Å²) in [4.78, 5) is 0. The Morgan fingerprint density at radius 3 is 1.91 bits per heavy atom. The number of anilines is 1. The van der Waals surface area contributed by atoms with Crippen LogP contribution in [0.3, 0.4) is 0 Å². The lowest BCUT2D eigenvalue weighted by Crippen LogP contribution is -2.45. The summed E-state index contributed by atoms with van der Waals surface area (Å²) >= 11 is 5.59. The van der Waals surface area contributed by atoms with E-state index in [4.69, 9.17) is 12.2 Å². The molecule has 0 aliphatic carbocycles. The molecule has 1 aromatic rings. The highest BCUT2D eigenvalue weighted by Crippen LogP contribution is 2.35. The topological polar surface area (TPSA) is 24.1 Å². The molecule has 23 heavy (non-hydrogen) atoms. The minimum atomic E-state index is 0.00589. The molecule has 0 aromatic heterocycles. The van der Waals surface area contributed by atoms with Crippen molar-refractivity contribution in [1.29, 1.82) is 0 Å². The third-order valence-corrected chi connectivity index (χ3v) is 5.19. The van der Waals surface area contributed by atoms with Gasteiger partial charge in [0.05, 0.1) is 0 Å². The van der Waals surface area contributed by atoms with Gasteiger partial charge < -0.3 is 10.6 Å². The molecule has 130 valence electrons. The Morgan fingerprint density at radius 2 is 1.52 bits per heavy atom. The Kier molecular flexibility index (Phi) is 7.53. The summed E-state index contributed by atoms with van der Waals surface area (Å²) < 4.78 is 0. The van der Waals surface area contributed by atoms with Gasteiger partial charge in [-0.3, -0.25) is 0 Å². The van der Waals surface area contributed by atoms with Gasteiger partial charge in [0, 0.05) is 11.2 Å². The van der Waals surface area contributed by atoms with Crippen LogP contribution in [0.4, 0.5) is 5.69 Å². The fourth-order valence-electron chi connectivity index (χ4n) is 2.53. The Bertz CT molecular complexity index is 494. The van der Waals surface area contributed by atoms with Gasteiger partial charge in [-0.1, -0.05) is 52.8 Å². The highest BCUT2D eigenvalue weighted by atomic mass is 32.1. The van der Waals surface area contributed by atoms with Crippen LogP contribution in [0.15, 0.2) is 18.2 Å². The molecule has 0 aliphatic heterocycles. The van der Waals surface area contributed by atoms with Crippen molar-refractivity contribution in [3.63, 3.8) is 0 Å². The van der Waals surface area contributed by atoms with E-state index in [1.807, 2.05) is 0 Å². The normalized spacial score (nSPS) is 14.2. The molecule has 0 aliphatic rings. The van der Waals surface area contributed by atoms with E-state index in [0.717, 1.165) is 24.4 Å². The number of thiocarbonyl (C=S) groups is 1. The van der Waals surface area contributed by atoms with Gasteiger partial charge in [0.15, 0.2) is 5.11 Å². The molecule has 0 fully saturated rings. The van der Waals surface area contributed by atoms with Gasteiger partial charge in [0.25, 0.3) is 0 Å². The van der Waals surface area contributed by atoms with Crippen molar-refractivity contribution >= 4 is 23.0 Å². The SMILES string of the molecule is CCC(C)c1cccc(C(C)CC)c1NC(=S)NC(C)(C)CC. The second-order valence-corrected chi connectivity index (χ2v) is 7.65. The lowest BCUT2D eigenvalue weighted by atomic mass is 9.89. The van der Waals surface area contributed by atoms with Crippen LogP contribution in [-0.2, 0) is 0 Å². The van der Waals surface area contributed by atoms with E-state index in [1.165, 1.54) is 16.8 Å². The highest BCUT2D eigenvalue weighted by molar-refractivity contribution is 7.80. The van der Waals surface area contributed by atoms with Crippen LogP contribution < -0.4 is 10.6 Å². The first-order chi connectivity index (χ1) is 10.8. The Balaban J connectivity index is 3.17. The minimum absolute atomic E-state index is 0.00589. The second kappa shape index (κ2) is 8.68. The first-order valence-corrected chi connectivity index (χ1v) is 9.38. The summed E-state index contributed by atoms with van der Waals surface area (Å²) in [5.41, 5.74) is 3.94. The molecule has 2 nitrogen and oxygen atoms in total. The molecule has 2 atom stereocenters. The predicted molar refractivity (Wildman–Crippen MR) is 108 cm³/mol. The fourth-order valence-corrected chi connectivity index (χ4v) is 2.91. The molecule has 0 saturated carbocycles. The van der Waals surface area contributed by atoms with E-state index in [-0.39, 0.29) is 5.54 Å². The first-order valence-electron chi connectivity index (χ1n) is 8.97. The minimum Gasteiger partial charge on any atom is -0.358 e. The average Bonchev–Trinajstić information content (AvgIpc) is 2.53. The van der Waals surface area contributed by atoms with E-state index in [9.17, 15) is 0 Å². The van der Waals surface area contributed by atoms with Crippen molar-refractivity contribution in [2.75, 3.05) is 5.32 Å².